The zero-order valence-electron chi connectivity index (χ0n) is 17.0. The predicted molar refractivity (Wildman–Crippen MR) is 112 cm³/mol. The highest BCUT2D eigenvalue weighted by atomic mass is 32.2. The lowest BCUT2D eigenvalue weighted by Crippen LogP contribution is -2.54. The van der Waals surface area contributed by atoms with Crippen molar-refractivity contribution in [2.24, 2.45) is 5.92 Å². The molecule has 3 unspecified atom stereocenters. The third-order valence-corrected chi connectivity index (χ3v) is 5.66. The second kappa shape index (κ2) is 9.19. The van der Waals surface area contributed by atoms with Crippen LogP contribution in [0.2, 0.25) is 0 Å². The van der Waals surface area contributed by atoms with Crippen LogP contribution in [0.3, 0.4) is 0 Å². The Morgan fingerprint density at radius 1 is 1.03 bits per heavy atom. The lowest BCUT2D eigenvalue weighted by Gasteiger charge is -2.31. The van der Waals surface area contributed by atoms with Crippen molar-refractivity contribution in [1.29, 1.82) is 0 Å². The average molecular weight is 469 g/mol. The zero-order valence-corrected chi connectivity index (χ0v) is 17.8. The Bertz CT molecular complexity index is 1070. The molecule has 2 aromatic carbocycles. The van der Waals surface area contributed by atoms with E-state index in [0.29, 0.717) is 16.8 Å². The molecule has 0 saturated carbocycles. The maximum Gasteiger partial charge on any atom is 0.408 e. The van der Waals surface area contributed by atoms with Crippen molar-refractivity contribution < 1.29 is 31.2 Å². The summed E-state index contributed by atoms with van der Waals surface area (Å²) < 4.78 is 63.8. The quantitative estimate of drug-likeness (QED) is 0.566. The fourth-order valence-electron chi connectivity index (χ4n) is 3.51. The number of halogens is 3. The first-order valence-electron chi connectivity index (χ1n) is 9.74. The number of rotatable bonds is 6. The number of hydrogen-bond acceptors (Lipinski definition) is 4. The molecule has 0 spiro atoms. The fourth-order valence-corrected chi connectivity index (χ4v) is 4.07. The van der Waals surface area contributed by atoms with E-state index >= 15 is 0 Å². The van der Waals surface area contributed by atoms with E-state index in [1.54, 1.807) is 42.5 Å². The Kier molecular flexibility index (Phi) is 6.77. The van der Waals surface area contributed by atoms with Gasteiger partial charge in [0, 0.05) is 5.69 Å². The van der Waals surface area contributed by atoms with Crippen molar-refractivity contribution in [3.63, 3.8) is 0 Å². The smallest absolute Gasteiger partial charge is 0.344 e. The number of amides is 2. The Hall–Kier alpha value is -3.08. The van der Waals surface area contributed by atoms with E-state index in [9.17, 15) is 31.2 Å². The number of hydrogen-bond donors (Lipinski definition) is 3. The van der Waals surface area contributed by atoms with Gasteiger partial charge in [-0.3, -0.25) is 14.3 Å². The molecule has 2 aromatic rings. The number of sulfonamides is 1. The number of piperidine rings is 1. The van der Waals surface area contributed by atoms with Crippen LogP contribution in [-0.4, -0.2) is 38.7 Å². The predicted octanol–water partition coefficient (Wildman–Crippen LogP) is 2.72. The SMILES string of the molecule is CS(=O)(=O)Nc1ccc(C(NC(=O)C2CCC(C(F)(F)F)NC2=O)c2ccccc2)cc1. The van der Waals surface area contributed by atoms with Crippen LogP contribution in [0.25, 0.3) is 0 Å². The number of carbonyl (C=O) groups excluding carboxylic acids is 2. The van der Waals surface area contributed by atoms with E-state index in [0.717, 1.165) is 6.26 Å². The molecule has 3 N–H and O–H groups in total. The third kappa shape index (κ3) is 6.00. The monoisotopic (exact) mass is 469 g/mol. The second-order valence-corrected chi connectivity index (χ2v) is 9.33. The molecule has 1 heterocycles. The summed E-state index contributed by atoms with van der Waals surface area (Å²) >= 11 is 0. The van der Waals surface area contributed by atoms with Gasteiger partial charge in [-0.1, -0.05) is 42.5 Å². The van der Waals surface area contributed by atoms with Gasteiger partial charge in [0.25, 0.3) is 0 Å². The van der Waals surface area contributed by atoms with Gasteiger partial charge in [0.1, 0.15) is 12.0 Å². The minimum absolute atomic E-state index is 0.222. The number of carbonyl (C=O) groups is 2. The molecule has 7 nitrogen and oxygen atoms in total. The highest BCUT2D eigenvalue weighted by Crippen LogP contribution is 2.30. The van der Waals surface area contributed by atoms with Crippen molar-refractivity contribution >= 4 is 27.5 Å². The minimum atomic E-state index is -4.56. The standard InChI is InChI=1S/C21H22F3N3O4S/c1-32(30,31)27-15-9-7-14(8-10-15)18(13-5-3-2-4-6-13)26-20(29)16-11-12-17(21(22,23)24)25-19(16)28/h2-10,16-18,27H,11-12H2,1H3,(H,25,28)(H,26,29). The summed E-state index contributed by atoms with van der Waals surface area (Å²) in [5.41, 5.74) is 1.63. The van der Waals surface area contributed by atoms with Crippen molar-refractivity contribution in [1.82, 2.24) is 10.6 Å². The molecule has 3 atom stereocenters. The normalized spacial score (nSPS) is 20.2. The molecule has 1 aliphatic heterocycles. The highest BCUT2D eigenvalue weighted by molar-refractivity contribution is 7.92. The van der Waals surface area contributed by atoms with Gasteiger partial charge in [-0.15, -0.1) is 0 Å². The van der Waals surface area contributed by atoms with Crippen LogP contribution < -0.4 is 15.4 Å². The van der Waals surface area contributed by atoms with E-state index in [1.807, 2.05) is 5.32 Å². The second-order valence-electron chi connectivity index (χ2n) is 7.58. The molecule has 0 aromatic heterocycles. The Morgan fingerprint density at radius 2 is 1.62 bits per heavy atom. The third-order valence-electron chi connectivity index (χ3n) is 5.06. The molecule has 11 heteroatoms. The van der Waals surface area contributed by atoms with Crippen molar-refractivity contribution in [3.8, 4) is 0 Å². The fraction of sp³-hybridized carbons (Fsp3) is 0.333. The zero-order chi connectivity index (χ0) is 23.5. The average Bonchev–Trinajstić information content (AvgIpc) is 2.71. The van der Waals surface area contributed by atoms with Gasteiger partial charge in [0.2, 0.25) is 21.8 Å². The van der Waals surface area contributed by atoms with Gasteiger partial charge in [-0.05, 0) is 36.1 Å². The molecule has 1 aliphatic rings. The lowest BCUT2D eigenvalue weighted by atomic mass is 9.91. The summed E-state index contributed by atoms with van der Waals surface area (Å²) in [7, 11) is -3.46. The summed E-state index contributed by atoms with van der Waals surface area (Å²) in [5.74, 6) is -2.89. The molecule has 172 valence electrons. The Labute approximate surface area is 183 Å². The van der Waals surface area contributed by atoms with Crippen LogP contribution >= 0.6 is 0 Å². The topological polar surface area (TPSA) is 104 Å². The number of nitrogens with one attached hydrogen (secondary N) is 3. The molecule has 3 rings (SSSR count). The molecular formula is C21H22F3N3O4S. The number of anilines is 1. The van der Waals surface area contributed by atoms with E-state index in [1.165, 1.54) is 12.1 Å². The van der Waals surface area contributed by atoms with Crippen molar-refractivity contribution in [2.75, 3.05) is 11.0 Å². The molecule has 32 heavy (non-hydrogen) atoms. The van der Waals surface area contributed by atoms with Crippen LogP contribution in [0.5, 0.6) is 0 Å². The Morgan fingerprint density at radius 3 is 2.16 bits per heavy atom. The van der Waals surface area contributed by atoms with E-state index in [2.05, 4.69) is 10.0 Å². The molecule has 1 saturated heterocycles. The first kappa shape index (κ1) is 23.6. The summed E-state index contributed by atoms with van der Waals surface area (Å²) in [6.07, 6.45) is -4.15. The first-order valence-corrected chi connectivity index (χ1v) is 11.6. The largest absolute Gasteiger partial charge is 0.408 e. The number of benzene rings is 2. The van der Waals surface area contributed by atoms with Crippen LogP contribution in [0, 0.1) is 5.92 Å². The van der Waals surface area contributed by atoms with E-state index in [4.69, 9.17) is 0 Å². The van der Waals surface area contributed by atoms with Crippen LogP contribution in [0.1, 0.15) is 30.0 Å². The Balaban J connectivity index is 1.80. The molecule has 2 amide bonds. The summed E-state index contributed by atoms with van der Waals surface area (Å²) in [4.78, 5) is 25.0. The number of alkyl halides is 3. The summed E-state index contributed by atoms with van der Waals surface area (Å²) in [6, 6.07) is 12.5. The van der Waals surface area contributed by atoms with Gasteiger partial charge in [0.05, 0.1) is 12.3 Å². The molecule has 0 aliphatic carbocycles. The van der Waals surface area contributed by atoms with Gasteiger partial charge < -0.3 is 10.6 Å². The lowest BCUT2D eigenvalue weighted by molar-refractivity contribution is -0.171. The molecule has 0 radical (unpaired) electrons. The van der Waals surface area contributed by atoms with Gasteiger partial charge in [-0.2, -0.15) is 13.2 Å². The maximum atomic E-state index is 12.9. The minimum Gasteiger partial charge on any atom is -0.344 e. The van der Waals surface area contributed by atoms with Crippen molar-refractivity contribution in [3.05, 3.63) is 65.7 Å². The summed E-state index contributed by atoms with van der Waals surface area (Å²) in [6.45, 7) is 0. The van der Waals surface area contributed by atoms with Gasteiger partial charge >= 0.3 is 6.18 Å². The first-order chi connectivity index (χ1) is 14.9. The van der Waals surface area contributed by atoms with E-state index < -0.39 is 46.0 Å². The molecule has 0 bridgehead atoms. The van der Waals surface area contributed by atoms with Gasteiger partial charge in [-0.25, -0.2) is 8.42 Å². The van der Waals surface area contributed by atoms with Crippen molar-refractivity contribution in [2.45, 2.75) is 31.1 Å². The van der Waals surface area contributed by atoms with E-state index in [-0.39, 0.29) is 12.8 Å². The highest BCUT2D eigenvalue weighted by Gasteiger charge is 2.46. The van der Waals surface area contributed by atoms with Crippen LogP contribution in [0.15, 0.2) is 54.6 Å². The summed E-state index contributed by atoms with van der Waals surface area (Å²) in [5, 5.41) is 4.63. The van der Waals surface area contributed by atoms with Crippen LogP contribution in [0.4, 0.5) is 18.9 Å². The molecular weight excluding hydrogens is 447 g/mol. The molecule has 1 fully saturated rings. The maximum absolute atomic E-state index is 12.9. The van der Waals surface area contributed by atoms with Crippen LogP contribution in [-0.2, 0) is 19.6 Å². The van der Waals surface area contributed by atoms with Gasteiger partial charge in [0.15, 0.2) is 0 Å².